The summed E-state index contributed by atoms with van der Waals surface area (Å²) in [6.45, 7) is 0.963. The van der Waals surface area contributed by atoms with Crippen molar-refractivity contribution in [3.8, 4) is 5.69 Å². The maximum Gasteiger partial charge on any atom is 0.167 e. The molecule has 0 aliphatic carbocycles. The van der Waals surface area contributed by atoms with E-state index in [1.807, 2.05) is 53.7 Å². The first kappa shape index (κ1) is 14.9. The van der Waals surface area contributed by atoms with Crippen LogP contribution in [-0.2, 0) is 6.54 Å². The molecular formula is C17H16N6S. The number of hydrogen-bond acceptors (Lipinski definition) is 5. The van der Waals surface area contributed by atoms with Crippen molar-refractivity contribution in [2.24, 2.45) is 0 Å². The lowest BCUT2D eigenvalue weighted by molar-refractivity contribution is 0.683. The zero-order valence-corrected chi connectivity index (χ0v) is 13.8. The lowest BCUT2D eigenvalue weighted by Crippen LogP contribution is -1.98. The minimum absolute atomic E-state index is 0.841. The second kappa shape index (κ2) is 6.84. The molecule has 4 rings (SSSR count). The van der Waals surface area contributed by atoms with E-state index in [2.05, 4.69) is 24.6 Å². The van der Waals surface area contributed by atoms with Crippen LogP contribution in [0.5, 0.6) is 0 Å². The van der Waals surface area contributed by atoms with E-state index in [1.54, 1.807) is 24.3 Å². The van der Waals surface area contributed by atoms with Crippen molar-refractivity contribution in [2.45, 2.75) is 18.0 Å². The molecule has 0 aliphatic heterocycles. The van der Waals surface area contributed by atoms with Gasteiger partial charge in [-0.05, 0) is 18.6 Å². The number of thioether (sulfide) groups is 1. The van der Waals surface area contributed by atoms with Gasteiger partial charge in [0.25, 0.3) is 0 Å². The largest absolute Gasteiger partial charge is 0.337 e. The number of imidazole rings is 1. The molecule has 7 heteroatoms. The fourth-order valence-electron chi connectivity index (χ4n) is 2.53. The molecule has 24 heavy (non-hydrogen) atoms. The molecule has 3 aromatic heterocycles. The number of para-hydroxylation sites is 1. The van der Waals surface area contributed by atoms with Gasteiger partial charge in [-0.25, -0.2) is 19.6 Å². The van der Waals surface area contributed by atoms with Crippen LogP contribution < -0.4 is 0 Å². The molecule has 0 unspecified atom stereocenters. The third-order valence-electron chi connectivity index (χ3n) is 3.69. The normalized spacial score (nSPS) is 11.2. The highest BCUT2D eigenvalue weighted by atomic mass is 32.2. The highest BCUT2D eigenvalue weighted by Crippen LogP contribution is 2.26. The highest BCUT2D eigenvalue weighted by molar-refractivity contribution is 7.99. The summed E-state index contributed by atoms with van der Waals surface area (Å²) in [5.41, 5.74) is 1.84. The fourth-order valence-corrected chi connectivity index (χ4v) is 3.42. The van der Waals surface area contributed by atoms with E-state index in [1.165, 1.54) is 0 Å². The van der Waals surface area contributed by atoms with Gasteiger partial charge >= 0.3 is 0 Å². The molecule has 1 aromatic carbocycles. The summed E-state index contributed by atoms with van der Waals surface area (Å²) in [6, 6.07) is 10.0. The Balaban J connectivity index is 1.51. The zero-order chi connectivity index (χ0) is 16.2. The second-order valence-corrected chi connectivity index (χ2v) is 6.39. The lowest BCUT2D eigenvalue weighted by Gasteiger charge is -2.04. The molecule has 4 aromatic rings. The van der Waals surface area contributed by atoms with Crippen molar-refractivity contribution >= 4 is 22.8 Å². The van der Waals surface area contributed by atoms with Crippen LogP contribution in [0.15, 0.2) is 66.6 Å². The number of hydrogen-bond donors (Lipinski definition) is 0. The number of aryl methyl sites for hydroxylation is 1. The van der Waals surface area contributed by atoms with Gasteiger partial charge in [0.2, 0.25) is 0 Å². The minimum atomic E-state index is 0.841. The van der Waals surface area contributed by atoms with Crippen LogP contribution in [0.4, 0.5) is 0 Å². The van der Waals surface area contributed by atoms with E-state index in [0.29, 0.717) is 0 Å². The Bertz CT molecular complexity index is 917. The molecule has 6 nitrogen and oxygen atoms in total. The molecule has 3 heterocycles. The van der Waals surface area contributed by atoms with Gasteiger partial charge in [0.1, 0.15) is 11.4 Å². The van der Waals surface area contributed by atoms with Gasteiger partial charge in [0.05, 0.1) is 23.6 Å². The molecule has 0 aliphatic rings. The van der Waals surface area contributed by atoms with Crippen molar-refractivity contribution in [3.63, 3.8) is 0 Å². The molecule has 0 fully saturated rings. The first-order valence-corrected chi connectivity index (χ1v) is 8.73. The predicted octanol–water partition coefficient (Wildman–Crippen LogP) is 3.19. The summed E-state index contributed by atoms with van der Waals surface area (Å²) < 4.78 is 3.94. The van der Waals surface area contributed by atoms with Gasteiger partial charge in [0, 0.05) is 24.7 Å². The third-order valence-corrected chi connectivity index (χ3v) is 4.78. The number of fused-ring (bicyclic) bond motifs is 1. The Morgan fingerprint density at radius 1 is 1.08 bits per heavy atom. The van der Waals surface area contributed by atoms with Crippen molar-refractivity contribution in [1.29, 1.82) is 0 Å². The lowest BCUT2D eigenvalue weighted by atomic mass is 10.3. The zero-order valence-electron chi connectivity index (χ0n) is 13.0. The van der Waals surface area contributed by atoms with Crippen molar-refractivity contribution in [1.82, 2.24) is 29.3 Å². The minimum Gasteiger partial charge on any atom is -0.337 e. The summed E-state index contributed by atoms with van der Waals surface area (Å²) in [4.78, 5) is 12.9. The molecule has 120 valence electrons. The smallest absolute Gasteiger partial charge is 0.167 e. The summed E-state index contributed by atoms with van der Waals surface area (Å²) in [5, 5.41) is 6.46. The number of rotatable bonds is 6. The first-order chi connectivity index (χ1) is 11.9. The van der Waals surface area contributed by atoms with Crippen LogP contribution in [0.1, 0.15) is 6.42 Å². The monoisotopic (exact) mass is 336 g/mol. The maximum absolute atomic E-state index is 4.48. The standard InChI is InChI=1S/C17H16N6S/c1-2-5-14(6-3-1)23-16-15(11-21-23)17(20-12-19-16)24-10-4-8-22-9-7-18-13-22/h1-3,5-7,9,11-13H,4,8,10H2. The Hall–Kier alpha value is -2.67. The third kappa shape index (κ3) is 3.03. The molecule has 0 N–H and O–H groups in total. The van der Waals surface area contributed by atoms with Crippen LogP contribution in [0.25, 0.3) is 16.7 Å². The van der Waals surface area contributed by atoms with Crippen LogP contribution in [-0.4, -0.2) is 35.1 Å². The van der Waals surface area contributed by atoms with Crippen molar-refractivity contribution in [2.75, 3.05) is 5.75 Å². The molecule has 0 bridgehead atoms. The topological polar surface area (TPSA) is 61.4 Å². The number of aromatic nitrogens is 6. The molecule has 0 atom stereocenters. The Labute approximate surface area is 143 Å². The molecule has 0 amide bonds. The van der Waals surface area contributed by atoms with Crippen LogP contribution in [0.2, 0.25) is 0 Å². The fraction of sp³-hybridized carbons (Fsp3) is 0.176. The van der Waals surface area contributed by atoms with Gasteiger partial charge < -0.3 is 4.57 Å². The Morgan fingerprint density at radius 2 is 2.00 bits per heavy atom. The number of nitrogens with zero attached hydrogens (tertiary/aromatic N) is 6. The second-order valence-electron chi connectivity index (χ2n) is 5.31. The number of benzene rings is 1. The van der Waals surface area contributed by atoms with Gasteiger partial charge in [0.15, 0.2) is 5.65 Å². The van der Waals surface area contributed by atoms with Gasteiger partial charge in [-0.2, -0.15) is 5.10 Å². The van der Waals surface area contributed by atoms with E-state index in [-0.39, 0.29) is 0 Å². The van der Waals surface area contributed by atoms with E-state index in [0.717, 1.165) is 40.5 Å². The molecule has 0 saturated heterocycles. The highest BCUT2D eigenvalue weighted by Gasteiger charge is 2.11. The summed E-state index contributed by atoms with van der Waals surface area (Å²) in [7, 11) is 0. The van der Waals surface area contributed by atoms with Crippen LogP contribution >= 0.6 is 11.8 Å². The summed E-state index contributed by atoms with van der Waals surface area (Å²) in [6.07, 6.45) is 10.1. The molecule has 0 radical (unpaired) electrons. The maximum atomic E-state index is 4.48. The SMILES string of the molecule is c1ccc(-n2ncc3c(SCCCn4ccnc4)ncnc32)cc1. The van der Waals surface area contributed by atoms with Crippen molar-refractivity contribution in [3.05, 3.63) is 61.6 Å². The first-order valence-electron chi connectivity index (χ1n) is 7.74. The van der Waals surface area contributed by atoms with E-state index in [4.69, 9.17) is 0 Å². The van der Waals surface area contributed by atoms with Gasteiger partial charge in [-0.15, -0.1) is 11.8 Å². The van der Waals surface area contributed by atoms with Crippen molar-refractivity contribution < 1.29 is 0 Å². The quantitative estimate of drug-likeness (QED) is 0.307. The molecule has 0 spiro atoms. The van der Waals surface area contributed by atoms with Crippen LogP contribution in [0, 0.1) is 0 Å². The van der Waals surface area contributed by atoms with E-state index >= 15 is 0 Å². The average Bonchev–Trinajstić information content (AvgIpc) is 3.29. The Kier molecular flexibility index (Phi) is 4.24. The Morgan fingerprint density at radius 3 is 2.83 bits per heavy atom. The van der Waals surface area contributed by atoms with Gasteiger partial charge in [-0.3, -0.25) is 0 Å². The average molecular weight is 336 g/mol. The van der Waals surface area contributed by atoms with Crippen LogP contribution in [0.3, 0.4) is 0 Å². The summed E-state index contributed by atoms with van der Waals surface area (Å²) in [5.74, 6) is 0.987. The summed E-state index contributed by atoms with van der Waals surface area (Å²) >= 11 is 1.74. The van der Waals surface area contributed by atoms with E-state index in [9.17, 15) is 0 Å². The predicted molar refractivity (Wildman–Crippen MR) is 94.2 cm³/mol. The molecular weight excluding hydrogens is 320 g/mol. The van der Waals surface area contributed by atoms with Gasteiger partial charge in [-0.1, -0.05) is 18.2 Å². The molecule has 0 saturated carbocycles. The van der Waals surface area contributed by atoms with E-state index < -0.39 is 0 Å².